The highest BCUT2D eigenvalue weighted by Crippen LogP contribution is 2.38. The minimum absolute atomic E-state index is 0.141. The van der Waals surface area contributed by atoms with Crippen molar-refractivity contribution < 1.29 is 16.8 Å². The minimum atomic E-state index is -3.83. The smallest absolute Gasteiger partial charge is 0.200 e. The zero-order valence-corrected chi connectivity index (χ0v) is 25.3. The van der Waals surface area contributed by atoms with Crippen molar-refractivity contribution in [2.24, 2.45) is 10.2 Å². The summed E-state index contributed by atoms with van der Waals surface area (Å²) < 4.78 is 55.5. The fourth-order valence-corrected chi connectivity index (χ4v) is 7.81. The average molecular weight is 597 g/mol. The maximum Gasteiger partial charge on any atom is 0.278 e. The first kappa shape index (κ1) is 29.2. The molecule has 198 valence electrons. The number of sulfonamides is 2. The molecule has 37 heavy (non-hydrogen) atoms. The number of hydrogen-bond acceptors (Lipinski definition) is 9. The van der Waals surface area contributed by atoms with Gasteiger partial charge in [-0.05, 0) is 50.6 Å². The Morgan fingerprint density at radius 1 is 0.676 bits per heavy atom. The molecule has 0 fully saturated rings. The van der Waals surface area contributed by atoms with Crippen molar-refractivity contribution in [2.75, 3.05) is 26.6 Å². The second kappa shape index (κ2) is 12.0. The van der Waals surface area contributed by atoms with Gasteiger partial charge in [0.1, 0.15) is 0 Å². The van der Waals surface area contributed by atoms with Gasteiger partial charge in [0, 0.05) is 25.2 Å². The molecule has 0 radical (unpaired) electrons. The van der Waals surface area contributed by atoms with E-state index in [1.54, 1.807) is 48.5 Å². The molecule has 0 aliphatic rings. The summed E-state index contributed by atoms with van der Waals surface area (Å²) in [6.45, 7) is 3.77. The van der Waals surface area contributed by atoms with Crippen molar-refractivity contribution in [3.8, 4) is 0 Å². The van der Waals surface area contributed by atoms with Crippen LogP contribution in [0.15, 0.2) is 76.9 Å². The number of nitrogens with zero attached hydrogens (tertiary/aromatic N) is 4. The number of thiophene rings is 1. The summed E-state index contributed by atoms with van der Waals surface area (Å²) in [7, 11) is -4.91. The molecule has 0 spiro atoms. The molecule has 3 aromatic rings. The Morgan fingerprint density at radius 3 is 1.30 bits per heavy atom. The van der Waals surface area contributed by atoms with E-state index in [2.05, 4.69) is 10.2 Å². The topological polar surface area (TPSA) is 99.5 Å². The van der Waals surface area contributed by atoms with Crippen LogP contribution in [0.4, 0.5) is 0 Å². The van der Waals surface area contributed by atoms with Crippen molar-refractivity contribution in [2.45, 2.75) is 32.1 Å². The van der Waals surface area contributed by atoms with E-state index in [0.717, 1.165) is 28.4 Å². The third-order valence-electron chi connectivity index (χ3n) is 5.32. The largest absolute Gasteiger partial charge is 0.278 e. The zero-order chi connectivity index (χ0) is 27.4. The van der Waals surface area contributed by atoms with Crippen LogP contribution in [-0.2, 0) is 20.0 Å². The molecule has 0 saturated heterocycles. The van der Waals surface area contributed by atoms with Gasteiger partial charge in [-0.2, -0.15) is 35.9 Å². The van der Waals surface area contributed by atoms with Crippen LogP contribution < -0.4 is 0 Å². The number of hydrazone groups is 2. The first-order chi connectivity index (χ1) is 17.4. The van der Waals surface area contributed by atoms with E-state index in [1.165, 1.54) is 61.4 Å². The summed E-state index contributed by atoms with van der Waals surface area (Å²) in [6, 6.07) is 13.1. The highest BCUT2D eigenvalue weighted by atomic mass is 32.2. The third kappa shape index (κ3) is 6.58. The highest BCUT2D eigenvalue weighted by Gasteiger charge is 2.22. The summed E-state index contributed by atoms with van der Waals surface area (Å²) in [5.74, 6) is 0. The lowest BCUT2D eigenvalue weighted by atomic mass is 10.2. The fraction of sp³-hybridized carbons (Fsp3) is 0.250. The van der Waals surface area contributed by atoms with Crippen LogP contribution in [0.3, 0.4) is 0 Å². The van der Waals surface area contributed by atoms with Gasteiger partial charge in [0.05, 0.1) is 30.6 Å². The molecule has 1 aromatic heterocycles. The van der Waals surface area contributed by atoms with Gasteiger partial charge in [-0.3, -0.25) is 0 Å². The van der Waals surface area contributed by atoms with E-state index >= 15 is 0 Å². The van der Waals surface area contributed by atoms with Gasteiger partial charge in [0.25, 0.3) is 20.0 Å². The van der Waals surface area contributed by atoms with Crippen LogP contribution in [0.2, 0.25) is 0 Å². The van der Waals surface area contributed by atoms with Crippen LogP contribution in [0.25, 0.3) is 0 Å². The zero-order valence-electron chi connectivity index (χ0n) is 21.2. The number of rotatable bonds is 10. The normalized spacial score (nSPS) is 12.5. The molecule has 0 atom stereocenters. The molecule has 0 aliphatic heterocycles. The van der Waals surface area contributed by atoms with Gasteiger partial charge in [-0.15, -0.1) is 34.9 Å². The summed E-state index contributed by atoms with van der Waals surface area (Å²) in [5, 5.41) is 8.45. The quantitative estimate of drug-likeness (QED) is 0.183. The number of hydrogen-bond donors (Lipinski definition) is 0. The molecular formula is C24H28N4O4S5. The van der Waals surface area contributed by atoms with Gasteiger partial charge in [-0.25, -0.2) is 0 Å². The lowest BCUT2D eigenvalue weighted by Crippen LogP contribution is -2.22. The molecule has 2 aromatic carbocycles. The van der Waals surface area contributed by atoms with Gasteiger partial charge in [0.15, 0.2) is 0 Å². The maximum absolute atomic E-state index is 13.0. The molecule has 1 heterocycles. The molecule has 3 rings (SSSR count). The van der Waals surface area contributed by atoms with Crippen molar-refractivity contribution in [3.05, 3.63) is 70.8 Å². The van der Waals surface area contributed by atoms with Gasteiger partial charge >= 0.3 is 0 Å². The fourth-order valence-electron chi connectivity index (χ4n) is 3.09. The molecule has 0 N–H and O–H groups in total. The lowest BCUT2D eigenvalue weighted by molar-refractivity contribution is 0.490. The monoisotopic (exact) mass is 596 g/mol. The van der Waals surface area contributed by atoms with Crippen molar-refractivity contribution in [1.29, 1.82) is 0 Å². The van der Waals surface area contributed by atoms with E-state index in [1.807, 2.05) is 26.4 Å². The second-order valence-electron chi connectivity index (χ2n) is 7.91. The molecule has 8 nitrogen and oxygen atoms in total. The molecule has 0 aliphatic carbocycles. The van der Waals surface area contributed by atoms with E-state index in [9.17, 15) is 16.8 Å². The van der Waals surface area contributed by atoms with E-state index in [-0.39, 0.29) is 9.79 Å². The van der Waals surface area contributed by atoms with E-state index in [4.69, 9.17) is 0 Å². The summed E-state index contributed by atoms with van der Waals surface area (Å²) in [4.78, 5) is 0.283. The Morgan fingerprint density at radius 2 is 1.00 bits per heavy atom. The van der Waals surface area contributed by atoms with Gasteiger partial charge in [-0.1, -0.05) is 35.4 Å². The van der Waals surface area contributed by atoms with Crippen molar-refractivity contribution in [3.63, 3.8) is 0 Å². The average Bonchev–Trinajstić information content (AvgIpc) is 3.22. The van der Waals surface area contributed by atoms with Crippen molar-refractivity contribution >= 4 is 67.3 Å². The molecular weight excluding hydrogens is 569 g/mol. The molecule has 13 heteroatoms. The summed E-state index contributed by atoms with van der Waals surface area (Å²) >= 11 is 4.49. The predicted octanol–water partition coefficient (Wildman–Crippen LogP) is 5.12. The van der Waals surface area contributed by atoms with Crippen LogP contribution in [0.5, 0.6) is 0 Å². The van der Waals surface area contributed by atoms with Crippen molar-refractivity contribution in [1.82, 2.24) is 8.83 Å². The lowest BCUT2D eigenvalue weighted by Gasteiger charge is -2.14. The standard InChI is InChI=1S/C24H28N4O4S5/c1-17-7-11-19(12-8-17)36(29,30)27(3)25-15-21-22(24(34-6)35-23(21)33-5)16-26-28(4)37(31,32)20-13-9-18(2)10-14-20/h7-16H,1-6H3/b25-15+,26-16+. The van der Waals surface area contributed by atoms with Crippen LogP contribution >= 0.6 is 34.9 Å². The van der Waals surface area contributed by atoms with Gasteiger partial charge < -0.3 is 0 Å². The first-order valence-electron chi connectivity index (χ1n) is 10.9. The Bertz CT molecular complexity index is 1400. The Kier molecular flexibility index (Phi) is 9.51. The molecule has 0 amide bonds. The maximum atomic E-state index is 13.0. The minimum Gasteiger partial charge on any atom is -0.200 e. The van der Waals surface area contributed by atoms with E-state index < -0.39 is 20.0 Å². The molecule has 0 unspecified atom stereocenters. The van der Waals surface area contributed by atoms with E-state index in [0.29, 0.717) is 11.1 Å². The molecule has 0 bridgehead atoms. The second-order valence-corrected chi connectivity index (χ2v) is 15.0. The number of aryl methyl sites for hydroxylation is 2. The predicted molar refractivity (Wildman–Crippen MR) is 155 cm³/mol. The molecule has 0 saturated carbocycles. The Labute approximate surface area is 231 Å². The van der Waals surface area contributed by atoms with Gasteiger partial charge in [0.2, 0.25) is 0 Å². The SMILES string of the molecule is CSc1sc(SC)c(/C=N/N(C)S(=O)(=O)c2ccc(C)cc2)c1/C=N/N(C)S(=O)(=O)c1ccc(C)cc1. The number of benzene rings is 2. The highest BCUT2D eigenvalue weighted by molar-refractivity contribution is 8.03. The summed E-state index contributed by atoms with van der Waals surface area (Å²) in [6.07, 6.45) is 6.77. The number of thioether (sulfide) groups is 2. The first-order valence-corrected chi connectivity index (χ1v) is 17.0. The van der Waals surface area contributed by atoms with Crippen LogP contribution in [-0.4, -0.2) is 64.7 Å². The van der Waals surface area contributed by atoms with Crippen LogP contribution in [0.1, 0.15) is 22.3 Å². The Hall–Kier alpha value is -2.32. The Balaban J connectivity index is 1.95. The summed E-state index contributed by atoms with van der Waals surface area (Å²) in [5.41, 5.74) is 3.24. The van der Waals surface area contributed by atoms with Crippen LogP contribution in [0, 0.1) is 13.8 Å². The third-order valence-corrected chi connectivity index (χ3v) is 12.1.